The summed E-state index contributed by atoms with van der Waals surface area (Å²) >= 11 is 0. The summed E-state index contributed by atoms with van der Waals surface area (Å²) in [5.74, 6) is 0. The highest BCUT2D eigenvalue weighted by Gasteiger charge is 2.15. The molecule has 0 saturated carbocycles. The molecule has 30 heavy (non-hydrogen) atoms. The molecule has 0 saturated heterocycles. The number of nitrogens with zero attached hydrogens (tertiary/aromatic N) is 2. The van der Waals surface area contributed by atoms with Gasteiger partial charge in [0.25, 0.3) is 5.56 Å². The van der Waals surface area contributed by atoms with Crippen molar-refractivity contribution >= 4 is 26.5 Å². The van der Waals surface area contributed by atoms with Crippen LogP contribution in [0.5, 0.6) is 0 Å². The molecule has 4 aromatic rings. The first-order valence-corrected chi connectivity index (χ1v) is 11.4. The van der Waals surface area contributed by atoms with Gasteiger partial charge in [-0.3, -0.25) is 19.1 Å². The number of anilines is 1. The third-order valence-corrected chi connectivity index (χ3v) is 5.46. The van der Waals surface area contributed by atoms with E-state index in [-0.39, 0.29) is 5.56 Å². The predicted octanol–water partition coefficient (Wildman–Crippen LogP) is 3.99. The molecule has 7 heteroatoms. The Morgan fingerprint density at radius 1 is 1.00 bits per heavy atom. The third kappa shape index (κ3) is 3.84. The van der Waals surface area contributed by atoms with Crippen molar-refractivity contribution in [2.24, 2.45) is 0 Å². The van der Waals surface area contributed by atoms with Gasteiger partial charge in [-0.05, 0) is 41.6 Å². The van der Waals surface area contributed by atoms with Crippen molar-refractivity contribution in [1.29, 1.82) is 0 Å². The smallest absolute Gasteiger partial charge is 0.263 e. The summed E-state index contributed by atoms with van der Waals surface area (Å²) in [6.45, 7) is 2.02. The number of fused-ring (bicyclic) bond motifs is 1. The zero-order chi connectivity index (χ0) is 21.3. The highest BCUT2D eigenvalue weighted by molar-refractivity contribution is 7.92. The first kappa shape index (κ1) is 19.8. The molecule has 0 spiro atoms. The minimum atomic E-state index is -3.43. The fourth-order valence-corrected chi connectivity index (χ4v) is 4.17. The summed E-state index contributed by atoms with van der Waals surface area (Å²) in [5, 5.41) is 1.40. The molecule has 0 aliphatic rings. The highest BCUT2D eigenvalue weighted by Crippen LogP contribution is 2.29. The van der Waals surface area contributed by atoms with Crippen molar-refractivity contribution < 1.29 is 8.42 Å². The Morgan fingerprint density at radius 3 is 2.47 bits per heavy atom. The van der Waals surface area contributed by atoms with Gasteiger partial charge in [0.2, 0.25) is 10.0 Å². The van der Waals surface area contributed by atoms with Crippen LogP contribution in [0.15, 0.2) is 77.9 Å². The minimum Gasteiger partial charge on any atom is -0.282 e. The van der Waals surface area contributed by atoms with Crippen molar-refractivity contribution in [3.05, 3.63) is 89.1 Å². The SMILES string of the molecule is CCc1cc2cccc(-c3cncc(NS(C)(=O)=O)c3)c2c(=O)n1-c1ccccc1. The lowest BCUT2D eigenvalue weighted by Crippen LogP contribution is -2.22. The van der Waals surface area contributed by atoms with Crippen LogP contribution in [0.2, 0.25) is 0 Å². The monoisotopic (exact) mass is 419 g/mol. The first-order chi connectivity index (χ1) is 14.4. The van der Waals surface area contributed by atoms with Crippen LogP contribution in [0, 0.1) is 0 Å². The van der Waals surface area contributed by atoms with Crippen molar-refractivity contribution in [1.82, 2.24) is 9.55 Å². The molecule has 1 N–H and O–H groups in total. The Kier molecular flexibility index (Phi) is 5.13. The summed E-state index contributed by atoms with van der Waals surface area (Å²) < 4.78 is 27.4. The molecule has 0 atom stereocenters. The van der Waals surface area contributed by atoms with E-state index in [1.54, 1.807) is 16.8 Å². The maximum atomic E-state index is 13.6. The Balaban J connectivity index is 1.99. The lowest BCUT2D eigenvalue weighted by Gasteiger charge is -2.15. The van der Waals surface area contributed by atoms with Crippen molar-refractivity contribution in [2.45, 2.75) is 13.3 Å². The minimum absolute atomic E-state index is 0.118. The van der Waals surface area contributed by atoms with E-state index < -0.39 is 10.0 Å². The molecule has 4 rings (SSSR count). The number of benzene rings is 2. The number of sulfonamides is 1. The molecule has 0 bridgehead atoms. The van der Waals surface area contributed by atoms with E-state index >= 15 is 0 Å². The number of aromatic nitrogens is 2. The lowest BCUT2D eigenvalue weighted by atomic mass is 9.99. The molecule has 2 aromatic heterocycles. The number of nitrogens with one attached hydrogen (secondary N) is 1. The normalized spacial score (nSPS) is 11.5. The molecule has 0 aliphatic heterocycles. The quantitative estimate of drug-likeness (QED) is 0.530. The van der Waals surface area contributed by atoms with Crippen LogP contribution in [-0.4, -0.2) is 24.2 Å². The molecule has 152 valence electrons. The molecule has 2 aromatic carbocycles. The molecule has 0 unspecified atom stereocenters. The van der Waals surface area contributed by atoms with Crippen molar-refractivity contribution in [3.8, 4) is 16.8 Å². The van der Waals surface area contributed by atoms with Gasteiger partial charge in [-0.2, -0.15) is 0 Å². The topological polar surface area (TPSA) is 81.1 Å². The number of hydrogen-bond acceptors (Lipinski definition) is 4. The summed E-state index contributed by atoms with van der Waals surface area (Å²) in [6.07, 6.45) is 4.86. The summed E-state index contributed by atoms with van der Waals surface area (Å²) in [6, 6.07) is 18.9. The number of pyridine rings is 2. The van der Waals surface area contributed by atoms with Gasteiger partial charge in [0, 0.05) is 23.1 Å². The Labute approximate surface area is 174 Å². The fraction of sp³-hybridized carbons (Fsp3) is 0.130. The Hall–Kier alpha value is -3.45. The summed E-state index contributed by atoms with van der Waals surface area (Å²) in [5.41, 5.74) is 3.32. The zero-order valence-corrected chi connectivity index (χ0v) is 17.5. The van der Waals surface area contributed by atoms with Gasteiger partial charge in [-0.1, -0.05) is 43.3 Å². The second kappa shape index (κ2) is 7.76. The van der Waals surface area contributed by atoms with Gasteiger partial charge in [-0.15, -0.1) is 0 Å². The number of aryl methyl sites for hydroxylation is 1. The van der Waals surface area contributed by atoms with Gasteiger partial charge in [0.15, 0.2) is 0 Å². The summed E-state index contributed by atoms with van der Waals surface area (Å²) in [4.78, 5) is 17.8. The van der Waals surface area contributed by atoms with Crippen LogP contribution in [0.25, 0.3) is 27.6 Å². The van der Waals surface area contributed by atoms with Crippen LogP contribution in [-0.2, 0) is 16.4 Å². The molecule has 0 amide bonds. The average Bonchev–Trinajstić information content (AvgIpc) is 2.72. The van der Waals surface area contributed by atoms with Crippen LogP contribution >= 0.6 is 0 Å². The van der Waals surface area contributed by atoms with Crippen LogP contribution in [0.4, 0.5) is 5.69 Å². The number of rotatable bonds is 5. The predicted molar refractivity (Wildman–Crippen MR) is 121 cm³/mol. The van der Waals surface area contributed by atoms with Crippen LogP contribution < -0.4 is 10.3 Å². The fourth-order valence-electron chi connectivity index (χ4n) is 3.63. The van der Waals surface area contributed by atoms with E-state index in [1.807, 2.05) is 61.5 Å². The molecule has 0 fully saturated rings. The van der Waals surface area contributed by atoms with E-state index in [9.17, 15) is 13.2 Å². The zero-order valence-electron chi connectivity index (χ0n) is 16.7. The van der Waals surface area contributed by atoms with Crippen molar-refractivity contribution in [3.63, 3.8) is 0 Å². The van der Waals surface area contributed by atoms with Crippen LogP contribution in [0.3, 0.4) is 0 Å². The first-order valence-electron chi connectivity index (χ1n) is 9.53. The molecular weight excluding hydrogens is 398 g/mol. The van der Waals surface area contributed by atoms with E-state index in [0.29, 0.717) is 28.6 Å². The second-order valence-electron chi connectivity index (χ2n) is 7.07. The van der Waals surface area contributed by atoms with Gasteiger partial charge in [0.1, 0.15) is 0 Å². The van der Waals surface area contributed by atoms with Gasteiger partial charge in [-0.25, -0.2) is 8.42 Å². The molecular formula is C23H21N3O3S. The Bertz CT molecular complexity index is 1390. The Morgan fingerprint density at radius 2 is 1.77 bits per heavy atom. The third-order valence-electron chi connectivity index (χ3n) is 4.85. The largest absolute Gasteiger partial charge is 0.282 e. The average molecular weight is 420 g/mol. The van der Waals surface area contributed by atoms with E-state index in [0.717, 1.165) is 23.0 Å². The maximum Gasteiger partial charge on any atom is 0.263 e. The lowest BCUT2D eigenvalue weighted by molar-refractivity contribution is 0.607. The number of hydrogen-bond donors (Lipinski definition) is 1. The molecule has 2 heterocycles. The standard InChI is InChI=1S/C23H21N3O3S/c1-3-19-13-16-8-7-11-21(17-12-18(15-24-14-17)25-30(2,28)29)22(16)23(27)26(19)20-9-5-4-6-10-20/h4-15,25H,3H2,1-2H3. The second-order valence-corrected chi connectivity index (χ2v) is 8.82. The maximum absolute atomic E-state index is 13.6. The van der Waals surface area contributed by atoms with Gasteiger partial charge < -0.3 is 0 Å². The number of para-hydroxylation sites is 1. The van der Waals surface area contributed by atoms with Crippen molar-refractivity contribution in [2.75, 3.05) is 11.0 Å². The van der Waals surface area contributed by atoms with E-state index in [2.05, 4.69) is 9.71 Å². The summed E-state index contributed by atoms with van der Waals surface area (Å²) in [7, 11) is -3.43. The molecule has 6 nitrogen and oxygen atoms in total. The van der Waals surface area contributed by atoms with E-state index in [4.69, 9.17) is 0 Å². The molecule has 0 radical (unpaired) electrons. The van der Waals surface area contributed by atoms with E-state index in [1.165, 1.54) is 6.20 Å². The van der Waals surface area contributed by atoms with Gasteiger partial charge >= 0.3 is 0 Å². The molecule has 0 aliphatic carbocycles. The van der Waals surface area contributed by atoms with Crippen LogP contribution in [0.1, 0.15) is 12.6 Å². The van der Waals surface area contributed by atoms with Gasteiger partial charge in [0.05, 0.1) is 23.5 Å². The highest BCUT2D eigenvalue weighted by atomic mass is 32.2.